The standard InChI is InChI=1S/C14H24N2O2/c1-2-3-6-10-16-11-7-12(17)15-14(13(16)18)8-4-5-9-14/h2-11H2,1H3,(H,15,17). The topological polar surface area (TPSA) is 49.4 Å². The Morgan fingerprint density at radius 3 is 2.61 bits per heavy atom. The van der Waals surface area contributed by atoms with Crippen LogP contribution in [-0.2, 0) is 9.59 Å². The van der Waals surface area contributed by atoms with E-state index in [0.717, 1.165) is 51.5 Å². The van der Waals surface area contributed by atoms with Crippen molar-refractivity contribution in [2.75, 3.05) is 13.1 Å². The summed E-state index contributed by atoms with van der Waals surface area (Å²) in [7, 11) is 0. The van der Waals surface area contributed by atoms with E-state index in [1.54, 1.807) is 0 Å². The second kappa shape index (κ2) is 5.72. The molecule has 0 bridgehead atoms. The smallest absolute Gasteiger partial charge is 0.248 e. The molecule has 18 heavy (non-hydrogen) atoms. The Morgan fingerprint density at radius 2 is 1.94 bits per heavy atom. The van der Waals surface area contributed by atoms with Gasteiger partial charge in [0.15, 0.2) is 0 Å². The monoisotopic (exact) mass is 252 g/mol. The van der Waals surface area contributed by atoms with Gasteiger partial charge in [-0.3, -0.25) is 9.59 Å². The van der Waals surface area contributed by atoms with Crippen LogP contribution in [0.15, 0.2) is 0 Å². The number of nitrogens with zero attached hydrogens (tertiary/aromatic N) is 1. The molecule has 0 aromatic carbocycles. The Labute approximate surface area is 109 Å². The van der Waals surface area contributed by atoms with E-state index in [9.17, 15) is 9.59 Å². The number of nitrogens with one attached hydrogen (secondary N) is 1. The summed E-state index contributed by atoms with van der Waals surface area (Å²) in [6.45, 7) is 3.56. The molecule has 2 amide bonds. The molecule has 4 nitrogen and oxygen atoms in total. The third kappa shape index (κ3) is 2.68. The van der Waals surface area contributed by atoms with Crippen LogP contribution in [0.4, 0.5) is 0 Å². The molecule has 2 aliphatic rings. The van der Waals surface area contributed by atoms with Gasteiger partial charge < -0.3 is 10.2 Å². The molecule has 0 atom stereocenters. The van der Waals surface area contributed by atoms with Crippen molar-refractivity contribution in [3.05, 3.63) is 0 Å². The molecule has 0 unspecified atom stereocenters. The molecule has 102 valence electrons. The van der Waals surface area contributed by atoms with Crippen molar-refractivity contribution < 1.29 is 9.59 Å². The molecule has 1 spiro atoms. The predicted molar refractivity (Wildman–Crippen MR) is 70.1 cm³/mol. The van der Waals surface area contributed by atoms with Crippen molar-refractivity contribution >= 4 is 11.8 Å². The largest absolute Gasteiger partial charge is 0.342 e. The number of carbonyl (C=O) groups is 2. The average Bonchev–Trinajstić information content (AvgIpc) is 2.78. The molecule has 0 aromatic heterocycles. The van der Waals surface area contributed by atoms with Gasteiger partial charge >= 0.3 is 0 Å². The molecule has 1 N–H and O–H groups in total. The van der Waals surface area contributed by atoms with Crippen LogP contribution in [-0.4, -0.2) is 35.3 Å². The van der Waals surface area contributed by atoms with Crippen molar-refractivity contribution in [2.45, 2.75) is 63.8 Å². The summed E-state index contributed by atoms with van der Waals surface area (Å²) in [5.74, 6) is 0.213. The Kier molecular flexibility index (Phi) is 4.25. The summed E-state index contributed by atoms with van der Waals surface area (Å²) in [6.07, 6.45) is 7.56. The van der Waals surface area contributed by atoms with Gasteiger partial charge in [-0.25, -0.2) is 0 Å². The van der Waals surface area contributed by atoms with E-state index in [0.29, 0.717) is 13.0 Å². The maximum atomic E-state index is 12.6. The van der Waals surface area contributed by atoms with E-state index >= 15 is 0 Å². The Hall–Kier alpha value is -1.06. The highest BCUT2D eigenvalue weighted by molar-refractivity contribution is 5.93. The van der Waals surface area contributed by atoms with Crippen LogP contribution in [0.5, 0.6) is 0 Å². The molecule has 1 aliphatic carbocycles. The number of carbonyl (C=O) groups excluding carboxylic acids is 2. The number of unbranched alkanes of at least 4 members (excludes halogenated alkanes) is 2. The summed E-state index contributed by atoms with van der Waals surface area (Å²) >= 11 is 0. The van der Waals surface area contributed by atoms with E-state index in [2.05, 4.69) is 12.2 Å². The summed E-state index contributed by atoms with van der Waals surface area (Å²) in [5, 5.41) is 2.99. The molecule has 2 fully saturated rings. The lowest BCUT2D eigenvalue weighted by Gasteiger charge is -2.31. The third-order valence-corrected chi connectivity index (χ3v) is 4.17. The summed E-state index contributed by atoms with van der Waals surface area (Å²) in [5.41, 5.74) is -0.556. The van der Waals surface area contributed by atoms with Gasteiger partial charge in [-0.2, -0.15) is 0 Å². The third-order valence-electron chi connectivity index (χ3n) is 4.17. The summed E-state index contributed by atoms with van der Waals surface area (Å²) in [4.78, 5) is 26.3. The summed E-state index contributed by atoms with van der Waals surface area (Å²) < 4.78 is 0. The van der Waals surface area contributed by atoms with Gasteiger partial charge in [0.05, 0.1) is 0 Å². The minimum absolute atomic E-state index is 0.0447. The molecular weight excluding hydrogens is 228 g/mol. The second-order valence-corrected chi connectivity index (χ2v) is 5.59. The zero-order valence-electron chi connectivity index (χ0n) is 11.3. The normalized spacial score (nSPS) is 23.3. The van der Waals surface area contributed by atoms with Crippen molar-refractivity contribution in [2.24, 2.45) is 0 Å². The minimum Gasteiger partial charge on any atom is -0.342 e. The Morgan fingerprint density at radius 1 is 1.22 bits per heavy atom. The SMILES string of the molecule is CCCCCN1CCC(=O)NC2(CCCC2)C1=O. The number of amides is 2. The van der Waals surface area contributed by atoms with E-state index in [1.165, 1.54) is 0 Å². The van der Waals surface area contributed by atoms with E-state index in [-0.39, 0.29) is 11.8 Å². The van der Waals surface area contributed by atoms with Crippen molar-refractivity contribution in [1.29, 1.82) is 0 Å². The highest BCUT2D eigenvalue weighted by Gasteiger charge is 2.46. The van der Waals surface area contributed by atoms with Crippen molar-refractivity contribution in [3.8, 4) is 0 Å². The van der Waals surface area contributed by atoms with Gasteiger partial charge in [0.2, 0.25) is 11.8 Å². The molecule has 2 rings (SSSR count). The number of hydrogen-bond donors (Lipinski definition) is 1. The maximum Gasteiger partial charge on any atom is 0.248 e. The molecule has 0 radical (unpaired) electrons. The van der Waals surface area contributed by atoms with Gasteiger partial charge in [-0.15, -0.1) is 0 Å². The summed E-state index contributed by atoms with van der Waals surface area (Å²) in [6, 6.07) is 0. The second-order valence-electron chi connectivity index (χ2n) is 5.59. The molecule has 1 saturated heterocycles. The van der Waals surface area contributed by atoms with Gasteiger partial charge in [0.1, 0.15) is 5.54 Å². The van der Waals surface area contributed by atoms with Crippen LogP contribution < -0.4 is 5.32 Å². The van der Waals surface area contributed by atoms with Gasteiger partial charge in [0.25, 0.3) is 0 Å². The Balaban J connectivity index is 2.06. The van der Waals surface area contributed by atoms with E-state index in [1.807, 2.05) is 4.90 Å². The van der Waals surface area contributed by atoms with Crippen molar-refractivity contribution in [1.82, 2.24) is 10.2 Å². The first-order chi connectivity index (χ1) is 8.68. The Bertz CT molecular complexity index is 322. The van der Waals surface area contributed by atoms with Gasteiger partial charge in [0, 0.05) is 19.5 Å². The van der Waals surface area contributed by atoms with Crippen LogP contribution in [0.25, 0.3) is 0 Å². The number of hydrogen-bond acceptors (Lipinski definition) is 2. The molecule has 0 aromatic rings. The van der Waals surface area contributed by atoms with Crippen LogP contribution in [0.3, 0.4) is 0 Å². The van der Waals surface area contributed by atoms with Crippen LogP contribution in [0.1, 0.15) is 58.3 Å². The van der Waals surface area contributed by atoms with E-state index in [4.69, 9.17) is 0 Å². The average molecular weight is 252 g/mol. The zero-order valence-corrected chi connectivity index (χ0v) is 11.3. The fraction of sp³-hybridized carbons (Fsp3) is 0.857. The first kappa shape index (κ1) is 13.4. The number of rotatable bonds is 4. The predicted octanol–water partition coefficient (Wildman–Crippen LogP) is 1.84. The minimum atomic E-state index is -0.556. The van der Waals surface area contributed by atoms with Gasteiger partial charge in [-0.05, 0) is 19.3 Å². The molecule has 4 heteroatoms. The fourth-order valence-corrected chi connectivity index (χ4v) is 3.11. The quantitative estimate of drug-likeness (QED) is 0.776. The fourth-order valence-electron chi connectivity index (χ4n) is 3.11. The highest BCUT2D eigenvalue weighted by Crippen LogP contribution is 2.33. The van der Waals surface area contributed by atoms with Crippen LogP contribution >= 0.6 is 0 Å². The zero-order chi connectivity index (χ0) is 13.0. The lowest BCUT2D eigenvalue weighted by Crippen LogP contribution is -2.55. The molecule has 1 saturated carbocycles. The van der Waals surface area contributed by atoms with Crippen LogP contribution in [0, 0.1) is 0 Å². The molecule has 1 heterocycles. The first-order valence-electron chi connectivity index (χ1n) is 7.28. The lowest BCUT2D eigenvalue weighted by molar-refractivity contribution is -0.138. The van der Waals surface area contributed by atoms with Crippen molar-refractivity contribution in [3.63, 3.8) is 0 Å². The molecule has 1 aliphatic heterocycles. The highest BCUT2D eigenvalue weighted by atomic mass is 16.2. The lowest BCUT2D eigenvalue weighted by atomic mass is 9.96. The van der Waals surface area contributed by atoms with Crippen LogP contribution in [0.2, 0.25) is 0 Å². The van der Waals surface area contributed by atoms with Gasteiger partial charge in [-0.1, -0.05) is 32.6 Å². The maximum absolute atomic E-state index is 12.6. The first-order valence-corrected chi connectivity index (χ1v) is 7.28. The molecular formula is C14H24N2O2. The van der Waals surface area contributed by atoms with E-state index < -0.39 is 5.54 Å².